The Morgan fingerprint density at radius 3 is 3.06 bits per heavy atom. The third kappa shape index (κ3) is 2.25. The van der Waals surface area contributed by atoms with Gasteiger partial charge in [-0.3, -0.25) is 4.79 Å². The van der Waals surface area contributed by atoms with Gasteiger partial charge in [-0.05, 0) is 30.4 Å². The van der Waals surface area contributed by atoms with Gasteiger partial charge in [-0.15, -0.1) is 0 Å². The van der Waals surface area contributed by atoms with Crippen LogP contribution in [0.15, 0.2) is 24.3 Å². The van der Waals surface area contributed by atoms with E-state index >= 15 is 0 Å². The molecule has 1 aliphatic carbocycles. The maximum Gasteiger partial charge on any atom is 0.309 e. The van der Waals surface area contributed by atoms with Crippen molar-refractivity contribution in [2.24, 2.45) is 11.7 Å². The normalized spacial score (nSPS) is 22.9. The van der Waals surface area contributed by atoms with Crippen LogP contribution in [0, 0.1) is 5.92 Å². The maximum atomic E-state index is 11.5. The van der Waals surface area contributed by atoms with Crippen LogP contribution >= 0.6 is 0 Å². The molecule has 1 fully saturated rings. The molecule has 16 heavy (non-hydrogen) atoms. The van der Waals surface area contributed by atoms with Crippen molar-refractivity contribution in [2.75, 3.05) is 6.61 Å². The Balaban J connectivity index is 2.02. The van der Waals surface area contributed by atoms with Gasteiger partial charge in [0.1, 0.15) is 0 Å². The summed E-state index contributed by atoms with van der Waals surface area (Å²) in [4.78, 5) is 11.5. The van der Waals surface area contributed by atoms with Crippen molar-refractivity contribution in [1.29, 1.82) is 0 Å². The smallest absolute Gasteiger partial charge is 0.309 e. The Morgan fingerprint density at radius 2 is 2.38 bits per heavy atom. The van der Waals surface area contributed by atoms with Gasteiger partial charge in [0.05, 0.1) is 12.5 Å². The van der Waals surface area contributed by atoms with E-state index in [4.69, 9.17) is 10.5 Å². The minimum atomic E-state index is -0.0642. The van der Waals surface area contributed by atoms with Gasteiger partial charge in [0, 0.05) is 6.54 Å². The molecule has 0 unspecified atom stereocenters. The lowest BCUT2D eigenvalue weighted by molar-refractivity contribution is -0.144. The van der Waals surface area contributed by atoms with E-state index in [2.05, 4.69) is 12.1 Å². The lowest BCUT2D eigenvalue weighted by atomic mass is 10.1. The van der Waals surface area contributed by atoms with Crippen LogP contribution in [0.5, 0.6) is 0 Å². The molecule has 0 amide bonds. The van der Waals surface area contributed by atoms with Crippen LogP contribution in [0.25, 0.3) is 0 Å². The molecule has 2 N–H and O–H groups in total. The quantitative estimate of drug-likeness (QED) is 0.786. The zero-order chi connectivity index (χ0) is 11.5. The van der Waals surface area contributed by atoms with Gasteiger partial charge in [-0.25, -0.2) is 0 Å². The molecule has 0 aromatic heterocycles. The molecule has 0 bridgehead atoms. The van der Waals surface area contributed by atoms with Crippen LogP contribution in [0.4, 0.5) is 0 Å². The lowest BCUT2D eigenvalue weighted by Crippen LogP contribution is -2.07. The van der Waals surface area contributed by atoms with Crippen LogP contribution in [-0.2, 0) is 16.1 Å². The van der Waals surface area contributed by atoms with E-state index in [-0.39, 0.29) is 11.9 Å². The lowest BCUT2D eigenvalue weighted by Gasteiger charge is -2.03. The van der Waals surface area contributed by atoms with Crippen LogP contribution in [-0.4, -0.2) is 12.6 Å². The molecule has 0 spiro atoms. The van der Waals surface area contributed by atoms with E-state index < -0.39 is 0 Å². The second-order valence-corrected chi connectivity index (χ2v) is 4.15. The van der Waals surface area contributed by atoms with Crippen LogP contribution in [0.3, 0.4) is 0 Å². The van der Waals surface area contributed by atoms with Gasteiger partial charge in [0.2, 0.25) is 0 Å². The van der Waals surface area contributed by atoms with Crippen LogP contribution in [0.1, 0.15) is 30.4 Å². The molecule has 2 atom stereocenters. The van der Waals surface area contributed by atoms with E-state index in [1.807, 2.05) is 19.1 Å². The minimum absolute atomic E-state index is 0.0629. The van der Waals surface area contributed by atoms with Gasteiger partial charge in [-0.1, -0.05) is 24.3 Å². The summed E-state index contributed by atoms with van der Waals surface area (Å²) in [5.74, 6) is 0.337. The highest BCUT2D eigenvalue weighted by molar-refractivity contribution is 5.77. The van der Waals surface area contributed by atoms with E-state index in [0.717, 1.165) is 12.0 Å². The molecule has 1 aromatic carbocycles. The first-order valence-corrected chi connectivity index (χ1v) is 5.71. The molecular weight excluding hydrogens is 202 g/mol. The van der Waals surface area contributed by atoms with Crippen molar-refractivity contribution < 1.29 is 9.53 Å². The Kier molecular flexibility index (Phi) is 3.25. The van der Waals surface area contributed by atoms with Gasteiger partial charge in [-0.2, -0.15) is 0 Å². The molecule has 86 valence electrons. The molecular formula is C13H17NO2. The fourth-order valence-electron chi connectivity index (χ4n) is 2.02. The fraction of sp³-hybridized carbons (Fsp3) is 0.462. The van der Waals surface area contributed by atoms with Crippen molar-refractivity contribution in [1.82, 2.24) is 0 Å². The van der Waals surface area contributed by atoms with Crippen molar-refractivity contribution in [3.63, 3.8) is 0 Å². The number of rotatable bonds is 4. The van der Waals surface area contributed by atoms with Gasteiger partial charge in [0.15, 0.2) is 0 Å². The Labute approximate surface area is 95.6 Å². The highest BCUT2D eigenvalue weighted by atomic mass is 16.5. The molecule has 1 aliphatic rings. The number of carbonyl (C=O) groups excluding carboxylic acids is 1. The third-order valence-electron chi connectivity index (χ3n) is 2.99. The van der Waals surface area contributed by atoms with E-state index in [1.165, 1.54) is 5.56 Å². The van der Waals surface area contributed by atoms with Crippen molar-refractivity contribution >= 4 is 5.97 Å². The summed E-state index contributed by atoms with van der Waals surface area (Å²) in [5.41, 5.74) is 7.92. The monoisotopic (exact) mass is 219 g/mol. The number of nitrogens with two attached hydrogens (primary N) is 1. The average Bonchev–Trinajstić information content (AvgIpc) is 3.09. The van der Waals surface area contributed by atoms with Gasteiger partial charge < -0.3 is 10.5 Å². The van der Waals surface area contributed by atoms with Crippen LogP contribution in [0.2, 0.25) is 0 Å². The summed E-state index contributed by atoms with van der Waals surface area (Å²) < 4.78 is 5.01. The summed E-state index contributed by atoms with van der Waals surface area (Å²) in [6.07, 6.45) is 0.910. The fourth-order valence-corrected chi connectivity index (χ4v) is 2.02. The molecule has 2 rings (SSSR count). The zero-order valence-electron chi connectivity index (χ0n) is 9.48. The topological polar surface area (TPSA) is 52.3 Å². The molecule has 3 heteroatoms. The predicted molar refractivity (Wildman–Crippen MR) is 61.8 cm³/mol. The first-order valence-electron chi connectivity index (χ1n) is 5.71. The highest BCUT2D eigenvalue weighted by Crippen LogP contribution is 2.48. The summed E-state index contributed by atoms with van der Waals surface area (Å²) in [7, 11) is 0. The number of esters is 1. The van der Waals surface area contributed by atoms with Crippen molar-refractivity contribution in [3.05, 3.63) is 35.4 Å². The molecule has 0 heterocycles. The predicted octanol–water partition coefficient (Wildman–Crippen LogP) is 1.81. The third-order valence-corrected chi connectivity index (χ3v) is 2.99. The van der Waals surface area contributed by atoms with Gasteiger partial charge in [0.25, 0.3) is 0 Å². The average molecular weight is 219 g/mol. The van der Waals surface area contributed by atoms with E-state index in [1.54, 1.807) is 0 Å². The molecule has 0 saturated heterocycles. The number of ether oxygens (including phenoxy) is 1. The first kappa shape index (κ1) is 11.1. The molecule has 1 aromatic rings. The Morgan fingerprint density at radius 1 is 1.56 bits per heavy atom. The highest BCUT2D eigenvalue weighted by Gasteiger charge is 2.45. The number of carbonyl (C=O) groups is 1. The SMILES string of the molecule is CCOC(=O)[C@@H]1C[C@H]1c1cccc(CN)c1. The molecule has 1 saturated carbocycles. The summed E-state index contributed by atoms with van der Waals surface area (Å²) in [5, 5.41) is 0. The summed E-state index contributed by atoms with van der Waals surface area (Å²) >= 11 is 0. The second kappa shape index (κ2) is 4.66. The minimum Gasteiger partial charge on any atom is -0.466 e. The van der Waals surface area contributed by atoms with Crippen LogP contribution < -0.4 is 5.73 Å². The Hall–Kier alpha value is -1.35. The van der Waals surface area contributed by atoms with Gasteiger partial charge >= 0.3 is 5.97 Å². The van der Waals surface area contributed by atoms with E-state index in [9.17, 15) is 4.79 Å². The molecule has 0 aliphatic heterocycles. The second-order valence-electron chi connectivity index (χ2n) is 4.15. The standard InChI is InChI=1S/C13H17NO2/c1-2-16-13(15)12-7-11(12)10-5-3-4-9(6-10)8-14/h3-6,11-12H,2,7-8,14H2,1H3/t11-,12+/m0/s1. The summed E-state index contributed by atoms with van der Waals surface area (Å²) in [6.45, 7) is 2.85. The van der Waals surface area contributed by atoms with Crippen molar-refractivity contribution in [3.8, 4) is 0 Å². The van der Waals surface area contributed by atoms with E-state index in [0.29, 0.717) is 19.1 Å². The maximum absolute atomic E-state index is 11.5. The largest absolute Gasteiger partial charge is 0.466 e. The first-order chi connectivity index (χ1) is 7.76. The molecule has 3 nitrogen and oxygen atoms in total. The molecule has 0 radical (unpaired) electrons. The number of hydrogen-bond donors (Lipinski definition) is 1. The number of benzene rings is 1. The van der Waals surface area contributed by atoms with Crippen molar-refractivity contribution in [2.45, 2.75) is 25.8 Å². The number of hydrogen-bond acceptors (Lipinski definition) is 3. The summed E-state index contributed by atoms with van der Waals surface area (Å²) in [6, 6.07) is 8.15. The zero-order valence-corrected chi connectivity index (χ0v) is 9.48. The Bertz CT molecular complexity index is 389.